The third-order valence-electron chi connectivity index (χ3n) is 13.6. The van der Waals surface area contributed by atoms with Crippen LogP contribution in [0.4, 0.5) is 0 Å². The van der Waals surface area contributed by atoms with Gasteiger partial charge in [-0.2, -0.15) is 0 Å². The van der Waals surface area contributed by atoms with E-state index in [2.05, 4.69) is 15.6 Å². The lowest BCUT2D eigenvalue weighted by Crippen LogP contribution is -2.53. The zero-order valence-electron chi connectivity index (χ0n) is 37.8. The summed E-state index contributed by atoms with van der Waals surface area (Å²) in [5.74, 6) is -8.66. The number of esters is 1. The van der Waals surface area contributed by atoms with E-state index in [0.29, 0.717) is 19.1 Å². The van der Waals surface area contributed by atoms with Gasteiger partial charge < -0.3 is 50.1 Å². The second kappa shape index (κ2) is 19.4. The van der Waals surface area contributed by atoms with Crippen molar-refractivity contribution in [3.8, 4) is 11.5 Å². The number of carbonyl (C=O) groups excluding carboxylic acids is 4. The number of hydrazine groups is 1. The molecule has 1 saturated carbocycles. The van der Waals surface area contributed by atoms with Crippen molar-refractivity contribution in [2.45, 2.75) is 117 Å². The Labute approximate surface area is 369 Å². The van der Waals surface area contributed by atoms with Crippen LogP contribution < -0.4 is 15.5 Å². The van der Waals surface area contributed by atoms with Gasteiger partial charge in [-0.3, -0.25) is 24.1 Å². The second-order valence-electron chi connectivity index (χ2n) is 17.8. The van der Waals surface area contributed by atoms with E-state index in [1.807, 2.05) is 5.01 Å². The van der Waals surface area contributed by atoms with Gasteiger partial charge in [0.1, 0.15) is 17.6 Å². The molecule has 2 fully saturated rings. The third kappa shape index (κ3) is 9.46. The Hall–Kier alpha value is -5.00. The number of hydrogen-bond donors (Lipinski definition) is 6. The van der Waals surface area contributed by atoms with Gasteiger partial charge in [0, 0.05) is 94.2 Å². The number of aliphatic hydroxyl groups is 3. The first-order valence-corrected chi connectivity index (χ1v) is 22.0. The summed E-state index contributed by atoms with van der Waals surface area (Å²) in [7, 11) is 1.44. The normalized spacial score (nSPS) is 34.2. The molecule has 6 N–H and O–H groups in total. The molecule has 0 unspecified atom stereocenters. The topological polar surface area (TPSA) is 217 Å². The number of Topliss-reactive ketones (excluding diaryl/α,β-unsaturated/α-hetero) is 2. The monoisotopic (exact) mass is 876 g/mol. The van der Waals surface area contributed by atoms with E-state index in [1.54, 1.807) is 39.8 Å². The van der Waals surface area contributed by atoms with Crippen LogP contribution in [-0.4, -0.2) is 123 Å². The zero-order chi connectivity index (χ0) is 46.1. The molecule has 1 saturated heterocycles. The highest BCUT2D eigenvalue weighted by atomic mass is 16.7. The fourth-order valence-electron chi connectivity index (χ4n) is 9.51. The number of fused-ring (bicyclic) bond motifs is 14. The summed E-state index contributed by atoms with van der Waals surface area (Å²) in [5, 5.41) is 51.2. The average Bonchev–Trinajstić information content (AvgIpc) is 3.89. The van der Waals surface area contributed by atoms with Crippen molar-refractivity contribution in [1.82, 2.24) is 20.7 Å². The second-order valence-corrected chi connectivity index (χ2v) is 17.8. The maximum absolute atomic E-state index is 14.9. The van der Waals surface area contributed by atoms with Gasteiger partial charge in [0.05, 0.1) is 52.5 Å². The third-order valence-corrected chi connectivity index (χ3v) is 13.6. The van der Waals surface area contributed by atoms with Gasteiger partial charge in [-0.1, -0.05) is 58.8 Å². The largest absolute Gasteiger partial charge is 0.507 e. The predicted molar refractivity (Wildman–Crippen MR) is 233 cm³/mol. The lowest BCUT2D eigenvalue weighted by atomic mass is 9.78. The predicted octanol–water partition coefficient (Wildman–Crippen LogP) is 4.74. The van der Waals surface area contributed by atoms with Gasteiger partial charge in [-0.25, -0.2) is 5.01 Å². The molecule has 16 heteroatoms. The van der Waals surface area contributed by atoms with E-state index < -0.39 is 88.8 Å². The van der Waals surface area contributed by atoms with Crippen LogP contribution in [-0.2, 0) is 23.8 Å². The number of piperazine rings is 1. The summed E-state index contributed by atoms with van der Waals surface area (Å²) in [6, 6.07) is 0.557. The maximum Gasteiger partial charge on any atom is 0.312 e. The number of ketones is 2. The highest BCUT2D eigenvalue weighted by Gasteiger charge is 2.52. The molecule has 344 valence electrons. The number of phenolic OH excluding ortho intramolecular Hbond substituents is 1. The Morgan fingerprint density at radius 2 is 1.60 bits per heavy atom. The molecule has 5 bridgehead atoms. The number of nitrogens with one attached hydrogen (secondary N) is 2. The SMILES string of the molecule is CO[C@H]1/C=C\O[C@@]2(C)Oc3c(C)c(O)c4c(c3C2=O)C(=O)/C(=C/NN2CCN(C3CCCC3)CC2)C(=C4O)NC(=O)/C(C)=C\C=C/[C@H](C)[C@H](O)[C@@H](C)[C@@H](O)[C@@H](C)[C@H](OC(C)=O)[C@@H]1C. The molecule has 0 aromatic heterocycles. The minimum absolute atomic E-state index is 0.0431. The molecule has 1 amide bonds. The number of benzene rings is 1. The van der Waals surface area contributed by atoms with Crippen LogP contribution in [0, 0.1) is 30.6 Å². The van der Waals surface area contributed by atoms with Crippen molar-refractivity contribution in [3.63, 3.8) is 0 Å². The van der Waals surface area contributed by atoms with Crippen LogP contribution >= 0.6 is 0 Å². The fraction of sp³-hybridized carbons (Fsp3) is 0.574. The highest BCUT2D eigenvalue weighted by molar-refractivity contribution is 6.25. The molecule has 1 aromatic carbocycles. The Morgan fingerprint density at radius 1 is 0.937 bits per heavy atom. The maximum atomic E-state index is 14.9. The number of amides is 1. The van der Waals surface area contributed by atoms with Crippen LogP contribution in [0.5, 0.6) is 11.5 Å². The van der Waals surface area contributed by atoms with Crippen molar-refractivity contribution in [2.75, 3.05) is 33.3 Å². The summed E-state index contributed by atoms with van der Waals surface area (Å²) in [4.78, 5) is 58.1. The van der Waals surface area contributed by atoms with Crippen LogP contribution in [0.1, 0.15) is 106 Å². The first-order valence-electron chi connectivity index (χ1n) is 22.0. The van der Waals surface area contributed by atoms with Crippen molar-refractivity contribution in [2.24, 2.45) is 23.7 Å². The Balaban J connectivity index is 1.43. The zero-order valence-corrected chi connectivity index (χ0v) is 37.8. The summed E-state index contributed by atoms with van der Waals surface area (Å²) >= 11 is 0. The number of phenols is 1. The highest BCUT2D eigenvalue weighted by Crippen LogP contribution is 2.50. The van der Waals surface area contributed by atoms with E-state index in [1.165, 1.54) is 85.1 Å². The standard InChI is InChI=1S/C47H64N4O12/c1-24-13-12-14-25(2)46(59)49-37-32(23-48-51-20-18-50(19-21-51)31-15-10-11-16-31)41(56)34-35(42(37)57)40(55)29(6)44-36(34)45(58)47(8,63-44)61-22-17-33(60-9)26(3)43(62-30(7)52)28(5)39(54)27(4)38(24)53/h12-14,17,22-24,26-28,31,33,38-39,43,48,53-55,57H,10-11,15-16,18-21H2,1-9H3,(H,49,59)/b13-12-,22-17-,25-14-,32-23+/t24-,26+,27+,28+,33-,38-,39+,43+,47-/m0/s1. The summed E-state index contributed by atoms with van der Waals surface area (Å²) < 4.78 is 23.7. The average molecular weight is 877 g/mol. The smallest absolute Gasteiger partial charge is 0.312 e. The summed E-state index contributed by atoms with van der Waals surface area (Å²) in [5.41, 5.74) is 2.06. The number of aliphatic hydroxyl groups excluding tert-OH is 3. The number of aromatic hydroxyl groups is 1. The number of carbonyl (C=O) groups is 4. The van der Waals surface area contributed by atoms with Gasteiger partial charge in [-0.15, -0.1) is 0 Å². The number of hydrogen-bond acceptors (Lipinski definition) is 15. The van der Waals surface area contributed by atoms with Crippen molar-refractivity contribution >= 4 is 29.2 Å². The number of ether oxygens (including phenoxy) is 4. The van der Waals surface area contributed by atoms with E-state index >= 15 is 0 Å². The van der Waals surface area contributed by atoms with Crippen LogP contribution in [0.15, 0.2) is 53.6 Å². The number of methoxy groups -OCH3 is 1. The van der Waals surface area contributed by atoms with E-state index in [-0.39, 0.29) is 44.8 Å². The van der Waals surface area contributed by atoms with Crippen LogP contribution in [0.3, 0.4) is 0 Å². The molecular formula is C47H64N4O12. The molecular weight excluding hydrogens is 813 g/mol. The molecule has 6 aliphatic rings. The Kier molecular flexibility index (Phi) is 14.6. The quantitative estimate of drug-likeness (QED) is 0.174. The Bertz CT molecular complexity index is 2110. The lowest BCUT2D eigenvalue weighted by Gasteiger charge is -2.38. The molecule has 0 spiro atoms. The van der Waals surface area contributed by atoms with Gasteiger partial charge in [0.2, 0.25) is 0 Å². The first kappa shape index (κ1) is 47.5. The molecule has 0 radical (unpaired) electrons. The molecule has 7 rings (SSSR count). The molecule has 9 atom stereocenters. The lowest BCUT2D eigenvalue weighted by molar-refractivity contribution is -0.160. The van der Waals surface area contributed by atoms with Crippen molar-refractivity contribution in [1.29, 1.82) is 0 Å². The summed E-state index contributed by atoms with van der Waals surface area (Å²) in [6.07, 6.45) is 9.77. The molecule has 1 aromatic rings. The number of nitrogens with zero attached hydrogens (tertiary/aromatic N) is 2. The van der Waals surface area contributed by atoms with Gasteiger partial charge in [-0.05, 0) is 32.8 Å². The molecule has 4 heterocycles. The molecule has 2 aliphatic carbocycles. The fourth-order valence-corrected chi connectivity index (χ4v) is 9.51. The molecule has 16 nitrogen and oxygen atoms in total. The van der Waals surface area contributed by atoms with Crippen LogP contribution in [0.25, 0.3) is 5.76 Å². The van der Waals surface area contributed by atoms with E-state index in [9.17, 15) is 39.6 Å². The minimum Gasteiger partial charge on any atom is -0.507 e. The summed E-state index contributed by atoms with van der Waals surface area (Å²) in [6.45, 7) is 15.4. The first-order chi connectivity index (χ1) is 29.8. The van der Waals surface area contributed by atoms with E-state index in [0.717, 1.165) is 13.1 Å². The van der Waals surface area contributed by atoms with Crippen molar-refractivity contribution < 1.29 is 58.6 Å². The molecule has 4 aliphatic heterocycles. The van der Waals surface area contributed by atoms with Crippen molar-refractivity contribution in [3.05, 3.63) is 75.9 Å². The Morgan fingerprint density at radius 3 is 2.24 bits per heavy atom. The number of rotatable bonds is 5. The van der Waals surface area contributed by atoms with Crippen LogP contribution in [0.2, 0.25) is 0 Å². The van der Waals surface area contributed by atoms with Gasteiger partial charge in [0.25, 0.3) is 11.7 Å². The van der Waals surface area contributed by atoms with Gasteiger partial charge in [0.15, 0.2) is 11.5 Å². The minimum atomic E-state index is -2.06. The molecule has 63 heavy (non-hydrogen) atoms. The van der Waals surface area contributed by atoms with E-state index in [4.69, 9.17) is 18.9 Å². The van der Waals surface area contributed by atoms with Gasteiger partial charge >= 0.3 is 11.8 Å². The number of allylic oxidation sites excluding steroid dienone is 3.